The Bertz CT molecular complexity index is 557. The highest BCUT2D eigenvalue weighted by atomic mass is 16.2. The molecule has 0 spiro atoms. The van der Waals surface area contributed by atoms with E-state index in [0.717, 1.165) is 51.4 Å². The minimum absolute atomic E-state index is 0.190. The maximum atomic E-state index is 11.6. The van der Waals surface area contributed by atoms with Gasteiger partial charge in [-0.2, -0.15) is 0 Å². The van der Waals surface area contributed by atoms with Gasteiger partial charge in [-0.05, 0) is 45.3 Å². The summed E-state index contributed by atoms with van der Waals surface area (Å²) in [7, 11) is 2.14. The molecule has 0 saturated heterocycles. The lowest BCUT2D eigenvalue weighted by atomic mass is 10.2. The molecule has 0 aliphatic heterocycles. The Morgan fingerprint density at radius 2 is 1.88 bits per heavy atom. The number of carbonyl (C=O) groups is 1. The Balaban J connectivity index is 1.59. The molecule has 6 nitrogen and oxygen atoms in total. The highest BCUT2D eigenvalue weighted by molar-refractivity contribution is 5.81. The van der Waals surface area contributed by atoms with Crippen LogP contribution in [0.3, 0.4) is 0 Å². The number of benzene rings is 1. The Kier molecular flexibility index (Phi) is 8.96. The van der Waals surface area contributed by atoms with Gasteiger partial charge in [0.25, 0.3) is 0 Å². The van der Waals surface area contributed by atoms with Crippen molar-refractivity contribution >= 4 is 11.9 Å². The first-order valence-electron chi connectivity index (χ1n) is 9.71. The number of carbonyl (C=O) groups excluding carboxylic acids is 1. The van der Waals surface area contributed by atoms with Crippen molar-refractivity contribution < 1.29 is 4.79 Å². The number of aliphatic imine (C=N–C) groups is 1. The topological polar surface area (TPSA) is 68.8 Å². The predicted molar refractivity (Wildman–Crippen MR) is 107 cm³/mol. The summed E-state index contributed by atoms with van der Waals surface area (Å²) in [5.74, 6) is 1.28. The van der Waals surface area contributed by atoms with Crippen LogP contribution in [0.1, 0.15) is 31.7 Å². The highest BCUT2D eigenvalue weighted by Gasteiger charge is 2.28. The number of guanidine groups is 1. The summed E-state index contributed by atoms with van der Waals surface area (Å²) in [6.07, 6.45) is 3.10. The third kappa shape index (κ3) is 8.34. The normalized spacial score (nSPS) is 14.3. The summed E-state index contributed by atoms with van der Waals surface area (Å²) in [5, 5.41) is 9.48. The molecular weight excluding hydrogens is 326 g/mol. The van der Waals surface area contributed by atoms with Gasteiger partial charge in [-0.15, -0.1) is 0 Å². The van der Waals surface area contributed by atoms with Crippen LogP contribution < -0.4 is 16.0 Å². The fourth-order valence-electron chi connectivity index (χ4n) is 2.70. The summed E-state index contributed by atoms with van der Waals surface area (Å²) in [4.78, 5) is 18.5. The first-order chi connectivity index (χ1) is 12.7. The standard InChI is InChI=1S/C20H33N5O/c1-3-21-20(24-14-13-22-19(26)18-10-11-18)23-12-7-15-25(2)16-17-8-5-4-6-9-17/h4-6,8-9,18H,3,7,10-16H2,1-2H3,(H,22,26)(H2,21,23,24). The zero-order valence-electron chi connectivity index (χ0n) is 16.1. The van der Waals surface area contributed by atoms with Gasteiger partial charge in [-0.1, -0.05) is 30.3 Å². The molecule has 6 heteroatoms. The third-order valence-electron chi connectivity index (χ3n) is 4.27. The van der Waals surface area contributed by atoms with Crippen LogP contribution in [-0.4, -0.2) is 56.5 Å². The largest absolute Gasteiger partial charge is 0.357 e. The van der Waals surface area contributed by atoms with Crippen molar-refractivity contribution in [3.05, 3.63) is 35.9 Å². The number of nitrogens with one attached hydrogen (secondary N) is 3. The molecule has 0 heterocycles. The van der Waals surface area contributed by atoms with Crippen molar-refractivity contribution in [3.8, 4) is 0 Å². The van der Waals surface area contributed by atoms with Crippen LogP contribution in [0.15, 0.2) is 35.3 Å². The molecular formula is C20H33N5O. The highest BCUT2D eigenvalue weighted by Crippen LogP contribution is 2.28. The molecule has 0 radical (unpaired) electrons. The summed E-state index contributed by atoms with van der Waals surface area (Å²) in [5.41, 5.74) is 1.33. The zero-order valence-corrected chi connectivity index (χ0v) is 16.1. The van der Waals surface area contributed by atoms with Crippen molar-refractivity contribution in [2.75, 3.05) is 39.8 Å². The molecule has 1 amide bonds. The third-order valence-corrected chi connectivity index (χ3v) is 4.27. The van der Waals surface area contributed by atoms with E-state index in [1.807, 2.05) is 6.07 Å². The molecule has 1 aliphatic rings. The molecule has 1 aromatic carbocycles. The lowest BCUT2D eigenvalue weighted by molar-refractivity contribution is -0.122. The van der Waals surface area contributed by atoms with Crippen molar-refractivity contribution in [2.24, 2.45) is 10.9 Å². The van der Waals surface area contributed by atoms with E-state index in [1.54, 1.807) is 0 Å². The average molecular weight is 360 g/mol. The summed E-state index contributed by atoms with van der Waals surface area (Å²) < 4.78 is 0. The van der Waals surface area contributed by atoms with Gasteiger partial charge in [0, 0.05) is 38.6 Å². The molecule has 3 N–H and O–H groups in total. The fraction of sp³-hybridized carbons (Fsp3) is 0.600. The second-order valence-electron chi connectivity index (χ2n) is 6.83. The Hall–Kier alpha value is -2.08. The second kappa shape index (κ2) is 11.5. The van der Waals surface area contributed by atoms with Crippen LogP contribution in [0, 0.1) is 5.92 Å². The van der Waals surface area contributed by atoms with E-state index >= 15 is 0 Å². The van der Waals surface area contributed by atoms with Gasteiger partial charge in [-0.3, -0.25) is 9.79 Å². The summed E-state index contributed by atoms with van der Waals surface area (Å²) in [6.45, 7) is 6.97. The van der Waals surface area contributed by atoms with E-state index in [1.165, 1.54) is 5.56 Å². The Morgan fingerprint density at radius 3 is 2.58 bits per heavy atom. The molecule has 0 atom stereocenters. The number of hydrogen-bond acceptors (Lipinski definition) is 3. The first-order valence-corrected chi connectivity index (χ1v) is 9.71. The predicted octanol–water partition coefficient (Wildman–Crippen LogP) is 1.59. The van der Waals surface area contributed by atoms with Gasteiger partial charge in [0.1, 0.15) is 0 Å². The lowest BCUT2D eigenvalue weighted by Crippen LogP contribution is -2.41. The quantitative estimate of drug-likeness (QED) is 0.319. The minimum atomic E-state index is 0.190. The van der Waals surface area contributed by atoms with Gasteiger partial charge < -0.3 is 20.9 Å². The molecule has 1 aliphatic carbocycles. The molecule has 0 bridgehead atoms. The number of hydrogen-bond donors (Lipinski definition) is 3. The number of rotatable bonds is 11. The molecule has 0 aromatic heterocycles. The van der Waals surface area contributed by atoms with Crippen molar-refractivity contribution in [3.63, 3.8) is 0 Å². The van der Waals surface area contributed by atoms with Crippen LogP contribution in [-0.2, 0) is 11.3 Å². The van der Waals surface area contributed by atoms with Gasteiger partial charge in [-0.25, -0.2) is 0 Å². The van der Waals surface area contributed by atoms with Crippen molar-refractivity contribution in [2.45, 2.75) is 32.7 Å². The minimum Gasteiger partial charge on any atom is -0.357 e. The lowest BCUT2D eigenvalue weighted by Gasteiger charge is -2.16. The van der Waals surface area contributed by atoms with Crippen LogP contribution in [0.2, 0.25) is 0 Å². The van der Waals surface area contributed by atoms with Gasteiger partial charge >= 0.3 is 0 Å². The first kappa shape index (κ1) is 20.2. The molecule has 0 unspecified atom stereocenters. The Morgan fingerprint density at radius 1 is 1.15 bits per heavy atom. The molecule has 1 aromatic rings. The van der Waals surface area contributed by atoms with Crippen molar-refractivity contribution in [1.29, 1.82) is 0 Å². The average Bonchev–Trinajstić information content (AvgIpc) is 3.48. The number of nitrogens with zero attached hydrogens (tertiary/aromatic N) is 2. The number of amides is 1. The molecule has 26 heavy (non-hydrogen) atoms. The maximum Gasteiger partial charge on any atom is 0.223 e. The maximum absolute atomic E-state index is 11.6. The van der Waals surface area contributed by atoms with E-state index in [2.05, 4.69) is 64.1 Å². The van der Waals surface area contributed by atoms with E-state index < -0.39 is 0 Å². The smallest absolute Gasteiger partial charge is 0.223 e. The summed E-state index contributed by atoms with van der Waals surface area (Å²) >= 11 is 0. The second-order valence-corrected chi connectivity index (χ2v) is 6.83. The van der Waals surface area contributed by atoms with E-state index in [4.69, 9.17) is 0 Å². The van der Waals surface area contributed by atoms with Crippen LogP contribution in [0.25, 0.3) is 0 Å². The van der Waals surface area contributed by atoms with Gasteiger partial charge in [0.05, 0.1) is 0 Å². The van der Waals surface area contributed by atoms with E-state index in [0.29, 0.717) is 13.1 Å². The monoisotopic (exact) mass is 359 g/mol. The zero-order chi connectivity index (χ0) is 18.6. The van der Waals surface area contributed by atoms with Crippen LogP contribution in [0.4, 0.5) is 0 Å². The fourth-order valence-corrected chi connectivity index (χ4v) is 2.70. The van der Waals surface area contributed by atoms with Gasteiger partial charge in [0.15, 0.2) is 5.96 Å². The SMILES string of the molecule is CCNC(=NCCCN(C)Cc1ccccc1)NCCNC(=O)C1CC1. The van der Waals surface area contributed by atoms with Gasteiger partial charge in [0.2, 0.25) is 5.91 Å². The van der Waals surface area contributed by atoms with Crippen LogP contribution >= 0.6 is 0 Å². The van der Waals surface area contributed by atoms with Crippen LogP contribution in [0.5, 0.6) is 0 Å². The molecule has 2 rings (SSSR count). The molecule has 1 saturated carbocycles. The van der Waals surface area contributed by atoms with Crippen molar-refractivity contribution in [1.82, 2.24) is 20.9 Å². The molecule has 1 fully saturated rings. The Labute approximate surface area is 157 Å². The van der Waals surface area contributed by atoms with E-state index in [9.17, 15) is 4.79 Å². The van der Waals surface area contributed by atoms with E-state index in [-0.39, 0.29) is 11.8 Å². The summed E-state index contributed by atoms with van der Waals surface area (Å²) in [6, 6.07) is 10.5. The molecule has 144 valence electrons.